The Kier molecular flexibility index (Phi) is 4.28. The van der Waals surface area contributed by atoms with E-state index in [4.69, 9.17) is 32.7 Å². The summed E-state index contributed by atoms with van der Waals surface area (Å²) in [4.78, 5) is 22.3. The van der Waals surface area contributed by atoms with Crippen LogP contribution in [-0.4, -0.2) is 45.4 Å². The van der Waals surface area contributed by atoms with Gasteiger partial charge in [-0.3, -0.25) is 10.1 Å². The first-order valence-electron chi connectivity index (χ1n) is 6.47. The van der Waals surface area contributed by atoms with E-state index in [1.165, 1.54) is 6.92 Å². The van der Waals surface area contributed by atoms with E-state index in [-0.39, 0.29) is 0 Å². The van der Waals surface area contributed by atoms with Gasteiger partial charge >= 0.3 is 6.09 Å². The van der Waals surface area contributed by atoms with Crippen molar-refractivity contribution in [3.63, 3.8) is 0 Å². The number of aliphatic hydroxyl groups is 1. The molecule has 1 heterocycles. The maximum Gasteiger partial charge on any atom is 0.416 e. The summed E-state index contributed by atoms with van der Waals surface area (Å²) in [6.45, 7) is 6.54. The molecule has 5 atom stereocenters. The number of hydrogen-bond donors (Lipinski definition) is 2. The van der Waals surface area contributed by atoms with Crippen molar-refractivity contribution in [3.8, 4) is 0 Å². The lowest BCUT2D eigenvalue weighted by Gasteiger charge is -2.44. The summed E-state index contributed by atoms with van der Waals surface area (Å²) < 4.78 is 10.4. The number of alkyl carbamates (subject to hydrolysis) is 1. The molecule has 1 aliphatic carbocycles. The maximum absolute atomic E-state index is 11.5. The molecule has 0 aromatic rings. The summed E-state index contributed by atoms with van der Waals surface area (Å²) in [7, 11) is 0. The summed E-state index contributed by atoms with van der Waals surface area (Å²) in [5, 5.41) is 11.6. The number of carbonyl (C=O) groups excluding carboxylic acids is 2. The zero-order valence-corrected chi connectivity index (χ0v) is 13.2. The minimum absolute atomic E-state index is 0.367. The molecule has 1 aliphatic heterocycles. The van der Waals surface area contributed by atoms with Gasteiger partial charge in [-0.1, -0.05) is 6.58 Å². The highest BCUT2D eigenvalue weighted by atomic mass is 35.5. The average Bonchev–Trinajstić information content (AvgIpc) is 3.05. The van der Waals surface area contributed by atoms with Gasteiger partial charge in [0.2, 0.25) is 12.2 Å². The lowest BCUT2D eigenvalue weighted by atomic mass is 9.70. The fourth-order valence-corrected chi connectivity index (χ4v) is 3.56. The van der Waals surface area contributed by atoms with Gasteiger partial charge in [-0.25, -0.2) is 4.79 Å². The number of amides is 2. The molecule has 2 aliphatic rings. The van der Waals surface area contributed by atoms with Crippen LogP contribution in [0.1, 0.15) is 26.7 Å². The molecule has 8 heteroatoms. The minimum Gasteiger partial charge on any atom is -0.416 e. The summed E-state index contributed by atoms with van der Waals surface area (Å²) in [6.07, 6.45) is -1.07. The van der Waals surface area contributed by atoms with Crippen molar-refractivity contribution in [2.24, 2.45) is 0 Å². The van der Waals surface area contributed by atoms with Crippen LogP contribution in [-0.2, 0) is 14.3 Å². The Morgan fingerprint density at radius 2 is 2.05 bits per heavy atom. The van der Waals surface area contributed by atoms with Crippen molar-refractivity contribution < 1.29 is 24.2 Å². The van der Waals surface area contributed by atoms with Crippen LogP contribution in [0.2, 0.25) is 0 Å². The number of hydrogen-bond acceptors (Lipinski definition) is 5. The SMILES string of the molecule is C=C(C)C1(O)C(Cl)C(Cl)CCC12OC2OC(=O)NC(C)=O. The Balaban J connectivity index is 2.17. The highest BCUT2D eigenvalue weighted by Crippen LogP contribution is 2.58. The number of ether oxygens (including phenoxy) is 2. The van der Waals surface area contributed by atoms with E-state index in [9.17, 15) is 14.7 Å². The number of nitrogens with one attached hydrogen (secondary N) is 1. The first-order chi connectivity index (χ1) is 9.65. The van der Waals surface area contributed by atoms with Gasteiger partial charge in [0.1, 0.15) is 5.60 Å². The predicted octanol–water partition coefficient (Wildman–Crippen LogP) is 1.67. The van der Waals surface area contributed by atoms with E-state index < -0.39 is 40.2 Å². The number of alkyl halides is 2. The molecule has 0 aromatic carbocycles. The van der Waals surface area contributed by atoms with Crippen LogP contribution in [0, 0.1) is 0 Å². The van der Waals surface area contributed by atoms with Crippen LogP contribution < -0.4 is 5.32 Å². The molecule has 1 spiro atoms. The molecule has 2 N–H and O–H groups in total. The summed E-state index contributed by atoms with van der Waals surface area (Å²) in [5.41, 5.74) is -2.39. The Morgan fingerprint density at radius 1 is 1.43 bits per heavy atom. The molecule has 1 saturated carbocycles. The molecular weight excluding hydrogens is 321 g/mol. The van der Waals surface area contributed by atoms with Crippen molar-refractivity contribution in [2.75, 3.05) is 0 Å². The molecule has 2 amide bonds. The van der Waals surface area contributed by atoms with Gasteiger partial charge in [-0.2, -0.15) is 0 Å². The molecule has 6 nitrogen and oxygen atoms in total. The number of carbonyl (C=O) groups is 2. The second-order valence-electron chi connectivity index (χ2n) is 5.43. The Hall–Kier alpha value is -0.820. The fraction of sp³-hybridized carbons (Fsp3) is 0.692. The van der Waals surface area contributed by atoms with Crippen molar-refractivity contribution in [1.82, 2.24) is 5.32 Å². The Labute approximate surface area is 132 Å². The van der Waals surface area contributed by atoms with Gasteiger partial charge in [0.25, 0.3) is 0 Å². The first-order valence-corrected chi connectivity index (χ1v) is 7.35. The Morgan fingerprint density at radius 3 is 2.57 bits per heavy atom. The zero-order valence-electron chi connectivity index (χ0n) is 11.7. The van der Waals surface area contributed by atoms with Gasteiger partial charge in [-0.05, 0) is 25.3 Å². The molecular formula is C13H17Cl2NO5. The number of halogens is 2. The number of imide groups is 1. The normalized spacial score (nSPS) is 41.5. The molecule has 21 heavy (non-hydrogen) atoms. The number of rotatable bonds is 2. The molecule has 1 saturated heterocycles. The maximum atomic E-state index is 11.5. The lowest BCUT2D eigenvalue weighted by molar-refractivity contribution is -0.118. The van der Waals surface area contributed by atoms with E-state index in [1.54, 1.807) is 6.92 Å². The lowest BCUT2D eigenvalue weighted by Crippen LogP contribution is -2.61. The molecule has 0 radical (unpaired) electrons. The Bertz CT molecular complexity index is 499. The van der Waals surface area contributed by atoms with E-state index in [0.29, 0.717) is 18.4 Å². The monoisotopic (exact) mass is 337 g/mol. The minimum atomic E-state index is -1.61. The van der Waals surface area contributed by atoms with Gasteiger partial charge in [0.15, 0.2) is 5.60 Å². The van der Waals surface area contributed by atoms with Gasteiger partial charge < -0.3 is 14.6 Å². The summed E-state index contributed by atoms with van der Waals surface area (Å²) in [6, 6.07) is 0. The van der Waals surface area contributed by atoms with Gasteiger partial charge in [0.05, 0.1) is 10.8 Å². The molecule has 0 bridgehead atoms. The largest absolute Gasteiger partial charge is 0.416 e. The van der Waals surface area contributed by atoms with Crippen LogP contribution in [0.3, 0.4) is 0 Å². The van der Waals surface area contributed by atoms with Crippen molar-refractivity contribution >= 4 is 35.2 Å². The smallest absolute Gasteiger partial charge is 0.416 e. The average molecular weight is 338 g/mol. The molecule has 2 rings (SSSR count). The van der Waals surface area contributed by atoms with Gasteiger partial charge in [0, 0.05) is 6.92 Å². The molecule has 0 aromatic heterocycles. The van der Waals surface area contributed by atoms with Crippen molar-refractivity contribution in [1.29, 1.82) is 0 Å². The topological polar surface area (TPSA) is 88.2 Å². The highest BCUT2D eigenvalue weighted by molar-refractivity contribution is 6.31. The number of epoxide rings is 1. The summed E-state index contributed by atoms with van der Waals surface area (Å²) >= 11 is 12.4. The highest BCUT2D eigenvalue weighted by Gasteiger charge is 2.76. The van der Waals surface area contributed by atoms with Crippen LogP contribution in [0.5, 0.6) is 0 Å². The van der Waals surface area contributed by atoms with Crippen LogP contribution in [0.15, 0.2) is 12.2 Å². The van der Waals surface area contributed by atoms with E-state index in [2.05, 4.69) is 6.58 Å². The van der Waals surface area contributed by atoms with Gasteiger partial charge in [-0.15, -0.1) is 23.2 Å². The van der Waals surface area contributed by atoms with Crippen LogP contribution in [0.4, 0.5) is 4.79 Å². The second kappa shape index (κ2) is 5.43. The van der Waals surface area contributed by atoms with Crippen LogP contribution >= 0.6 is 23.2 Å². The molecule has 118 valence electrons. The predicted molar refractivity (Wildman–Crippen MR) is 76.2 cm³/mol. The third-order valence-corrected chi connectivity index (χ3v) is 5.16. The molecule has 5 unspecified atom stereocenters. The standard InChI is InChI=1S/C13H17Cl2NO5/c1-6(2)13(19)9(15)8(14)4-5-12(13)10(21-12)20-11(18)16-7(3)17/h8-10,19H,1,4-5H2,2-3H3,(H,16,17,18). The molecule has 2 fully saturated rings. The third-order valence-electron chi connectivity index (χ3n) is 3.94. The van der Waals surface area contributed by atoms with Crippen LogP contribution in [0.25, 0.3) is 0 Å². The zero-order chi connectivity index (χ0) is 16.0. The quantitative estimate of drug-likeness (QED) is 0.454. The first kappa shape index (κ1) is 16.5. The second-order valence-corrected chi connectivity index (χ2v) is 6.46. The third kappa shape index (κ3) is 2.54. The van der Waals surface area contributed by atoms with Crippen molar-refractivity contribution in [2.45, 2.75) is 54.9 Å². The van der Waals surface area contributed by atoms with E-state index >= 15 is 0 Å². The fourth-order valence-electron chi connectivity index (χ4n) is 2.77. The summed E-state index contributed by atoms with van der Waals surface area (Å²) in [5.74, 6) is -0.551. The van der Waals surface area contributed by atoms with Crippen molar-refractivity contribution in [3.05, 3.63) is 12.2 Å². The van der Waals surface area contributed by atoms with E-state index in [0.717, 1.165) is 0 Å². The van der Waals surface area contributed by atoms with E-state index in [1.807, 2.05) is 5.32 Å².